The van der Waals surface area contributed by atoms with Crippen molar-refractivity contribution in [3.63, 3.8) is 0 Å². The zero-order chi connectivity index (χ0) is 13.3. The van der Waals surface area contributed by atoms with E-state index >= 15 is 0 Å². The number of aromatic nitrogens is 2. The van der Waals surface area contributed by atoms with Gasteiger partial charge < -0.3 is 4.90 Å². The molecule has 0 fully saturated rings. The number of carbonyl (C=O) groups excluding carboxylic acids is 1. The molecule has 0 aliphatic rings. The largest absolute Gasteiger partial charge is 0.329 e. The molecule has 0 aliphatic carbocycles. The van der Waals surface area contributed by atoms with Crippen LogP contribution in [0.5, 0.6) is 0 Å². The van der Waals surface area contributed by atoms with Crippen LogP contribution in [0.25, 0.3) is 0 Å². The number of nitrogens with zero attached hydrogens (tertiary/aromatic N) is 3. The number of aldehydes is 1. The van der Waals surface area contributed by atoms with Crippen LogP contribution in [-0.4, -0.2) is 23.1 Å². The summed E-state index contributed by atoms with van der Waals surface area (Å²) in [6.45, 7) is 3.90. The highest BCUT2D eigenvalue weighted by atomic mass is 16.1. The van der Waals surface area contributed by atoms with Gasteiger partial charge in [-0.25, -0.2) is 0 Å². The number of anilines is 2. The molecular formula is C14H17N3O. The molecule has 4 nitrogen and oxygen atoms in total. The Morgan fingerprint density at radius 2 is 1.94 bits per heavy atom. The van der Waals surface area contributed by atoms with Crippen molar-refractivity contribution in [3.8, 4) is 0 Å². The van der Waals surface area contributed by atoms with Gasteiger partial charge in [-0.1, -0.05) is 18.2 Å². The van der Waals surface area contributed by atoms with Gasteiger partial charge in [0, 0.05) is 19.8 Å². The van der Waals surface area contributed by atoms with Crippen LogP contribution >= 0.6 is 0 Å². The molecule has 0 atom stereocenters. The third-order valence-corrected chi connectivity index (χ3v) is 3.15. The molecule has 0 saturated heterocycles. The Morgan fingerprint density at radius 3 is 2.56 bits per heavy atom. The van der Waals surface area contributed by atoms with Crippen LogP contribution in [0.2, 0.25) is 0 Å². The van der Waals surface area contributed by atoms with E-state index in [0.717, 1.165) is 29.0 Å². The van der Waals surface area contributed by atoms with Crippen molar-refractivity contribution in [3.05, 3.63) is 41.1 Å². The highest BCUT2D eigenvalue weighted by molar-refractivity contribution is 5.86. The van der Waals surface area contributed by atoms with Crippen LogP contribution in [0.3, 0.4) is 0 Å². The van der Waals surface area contributed by atoms with E-state index in [9.17, 15) is 4.79 Å². The van der Waals surface area contributed by atoms with Crippen molar-refractivity contribution in [1.82, 2.24) is 9.78 Å². The molecule has 2 aromatic rings. The summed E-state index contributed by atoms with van der Waals surface area (Å²) in [5.41, 5.74) is 3.63. The molecule has 0 radical (unpaired) electrons. The number of hydrogen-bond donors (Lipinski definition) is 0. The van der Waals surface area contributed by atoms with Gasteiger partial charge >= 0.3 is 0 Å². The van der Waals surface area contributed by atoms with Crippen molar-refractivity contribution >= 4 is 17.8 Å². The molecule has 4 heteroatoms. The maximum absolute atomic E-state index is 11.2. The first-order valence-corrected chi connectivity index (χ1v) is 5.84. The van der Waals surface area contributed by atoms with Gasteiger partial charge in [-0.05, 0) is 25.5 Å². The summed E-state index contributed by atoms with van der Waals surface area (Å²) in [5.74, 6) is 0.816. The van der Waals surface area contributed by atoms with Gasteiger partial charge in [0.25, 0.3) is 0 Å². The van der Waals surface area contributed by atoms with Crippen LogP contribution in [0.4, 0.5) is 11.5 Å². The molecule has 0 spiro atoms. The number of hydrogen-bond acceptors (Lipinski definition) is 3. The fourth-order valence-electron chi connectivity index (χ4n) is 2.25. The Labute approximate surface area is 107 Å². The van der Waals surface area contributed by atoms with Crippen LogP contribution < -0.4 is 4.90 Å². The smallest absolute Gasteiger partial charge is 0.155 e. The van der Waals surface area contributed by atoms with Gasteiger partial charge in [-0.2, -0.15) is 5.10 Å². The SMILES string of the molecule is Cc1ccccc1N(C)c1c(C=O)c(C)nn1C. The minimum atomic E-state index is 0.642. The number of para-hydroxylation sites is 1. The zero-order valence-electron chi connectivity index (χ0n) is 11.1. The first-order chi connectivity index (χ1) is 8.56. The maximum atomic E-state index is 11.2. The average molecular weight is 243 g/mol. The minimum Gasteiger partial charge on any atom is -0.329 e. The molecule has 0 saturated carbocycles. The third-order valence-electron chi connectivity index (χ3n) is 3.15. The lowest BCUT2D eigenvalue weighted by Crippen LogP contribution is -2.16. The van der Waals surface area contributed by atoms with Crippen molar-refractivity contribution in [1.29, 1.82) is 0 Å². The van der Waals surface area contributed by atoms with Gasteiger partial charge in [0.05, 0.1) is 11.3 Å². The van der Waals surface area contributed by atoms with Crippen LogP contribution in [0, 0.1) is 13.8 Å². The summed E-state index contributed by atoms with van der Waals surface area (Å²) in [5, 5.41) is 4.30. The Balaban J connectivity index is 2.56. The molecule has 1 heterocycles. The Bertz CT molecular complexity index is 587. The normalized spacial score (nSPS) is 10.4. The van der Waals surface area contributed by atoms with Crippen molar-refractivity contribution in [2.24, 2.45) is 7.05 Å². The second-order valence-electron chi connectivity index (χ2n) is 4.41. The average Bonchev–Trinajstić information content (AvgIpc) is 2.63. The maximum Gasteiger partial charge on any atom is 0.155 e. The topological polar surface area (TPSA) is 38.1 Å². The third kappa shape index (κ3) is 1.90. The predicted octanol–water partition coefficient (Wildman–Crippen LogP) is 2.62. The van der Waals surface area contributed by atoms with E-state index < -0.39 is 0 Å². The number of aryl methyl sites for hydroxylation is 3. The van der Waals surface area contributed by atoms with Crippen molar-refractivity contribution in [2.45, 2.75) is 13.8 Å². The van der Waals surface area contributed by atoms with E-state index in [4.69, 9.17) is 0 Å². The molecule has 0 N–H and O–H groups in total. The van der Waals surface area contributed by atoms with Crippen LogP contribution in [-0.2, 0) is 7.05 Å². The number of rotatable bonds is 3. The van der Waals surface area contributed by atoms with Gasteiger partial charge in [0.1, 0.15) is 5.82 Å². The van der Waals surface area contributed by atoms with Crippen molar-refractivity contribution in [2.75, 3.05) is 11.9 Å². The first-order valence-electron chi connectivity index (χ1n) is 5.84. The second kappa shape index (κ2) is 4.64. The molecule has 2 rings (SSSR count). The first kappa shape index (κ1) is 12.4. The lowest BCUT2D eigenvalue weighted by Gasteiger charge is -2.22. The zero-order valence-corrected chi connectivity index (χ0v) is 11.1. The van der Waals surface area contributed by atoms with E-state index in [1.165, 1.54) is 0 Å². The fraction of sp³-hybridized carbons (Fsp3) is 0.286. The summed E-state index contributed by atoms with van der Waals surface area (Å²) in [6, 6.07) is 8.08. The Morgan fingerprint density at radius 1 is 1.28 bits per heavy atom. The molecule has 0 bridgehead atoms. The van der Waals surface area contributed by atoms with E-state index in [2.05, 4.69) is 18.1 Å². The molecule has 0 aliphatic heterocycles. The second-order valence-corrected chi connectivity index (χ2v) is 4.41. The number of benzene rings is 1. The Hall–Kier alpha value is -2.10. The van der Waals surface area contributed by atoms with E-state index in [1.54, 1.807) is 4.68 Å². The van der Waals surface area contributed by atoms with Crippen LogP contribution in [0.15, 0.2) is 24.3 Å². The standard InChI is InChI=1S/C14H17N3O/c1-10-7-5-6-8-13(10)16(3)14-12(9-18)11(2)15-17(14)4/h5-9H,1-4H3. The molecular weight excluding hydrogens is 226 g/mol. The summed E-state index contributed by atoms with van der Waals surface area (Å²) in [4.78, 5) is 13.2. The van der Waals surface area contributed by atoms with E-state index in [-0.39, 0.29) is 0 Å². The highest BCUT2D eigenvalue weighted by Crippen LogP contribution is 2.29. The summed E-state index contributed by atoms with van der Waals surface area (Å²) >= 11 is 0. The minimum absolute atomic E-state index is 0.642. The quantitative estimate of drug-likeness (QED) is 0.778. The van der Waals surface area contributed by atoms with Crippen LogP contribution in [0.1, 0.15) is 21.6 Å². The molecule has 94 valence electrons. The monoisotopic (exact) mass is 243 g/mol. The van der Waals surface area contributed by atoms with Gasteiger partial charge in [-0.3, -0.25) is 9.48 Å². The lowest BCUT2D eigenvalue weighted by atomic mass is 10.1. The van der Waals surface area contributed by atoms with Crippen molar-refractivity contribution < 1.29 is 4.79 Å². The Kier molecular flexibility index (Phi) is 3.19. The van der Waals surface area contributed by atoms with Gasteiger partial charge in [0.2, 0.25) is 0 Å². The van der Waals surface area contributed by atoms with E-state index in [0.29, 0.717) is 5.56 Å². The lowest BCUT2D eigenvalue weighted by molar-refractivity contribution is 0.112. The van der Waals surface area contributed by atoms with Gasteiger partial charge in [0.15, 0.2) is 6.29 Å². The van der Waals surface area contributed by atoms with Gasteiger partial charge in [-0.15, -0.1) is 0 Å². The molecule has 0 amide bonds. The molecule has 0 unspecified atom stereocenters. The molecule has 18 heavy (non-hydrogen) atoms. The summed E-state index contributed by atoms with van der Waals surface area (Å²) in [7, 11) is 3.80. The summed E-state index contributed by atoms with van der Waals surface area (Å²) < 4.78 is 1.74. The molecule has 1 aromatic heterocycles. The fourth-order valence-corrected chi connectivity index (χ4v) is 2.25. The molecule has 1 aromatic carbocycles. The number of carbonyl (C=O) groups is 1. The van der Waals surface area contributed by atoms with E-state index in [1.807, 2.05) is 44.1 Å². The summed E-state index contributed by atoms with van der Waals surface area (Å²) in [6.07, 6.45) is 0.867. The predicted molar refractivity (Wildman–Crippen MR) is 72.6 cm³/mol. The highest BCUT2D eigenvalue weighted by Gasteiger charge is 2.18.